The van der Waals surface area contributed by atoms with E-state index in [4.69, 9.17) is 19.4 Å². The summed E-state index contributed by atoms with van der Waals surface area (Å²) in [7, 11) is 0. The number of aromatic nitrogens is 2. The second-order valence-electron chi connectivity index (χ2n) is 12.4. The summed E-state index contributed by atoms with van der Waals surface area (Å²) in [5, 5.41) is 5.29. The molecule has 2 saturated heterocycles. The van der Waals surface area contributed by atoms with E-state index in [-0.39, 0.29) is 24.0 Å². The molecule has 3 heterocycles. The van der Waals surface area contributed by atoms with Gasteiger partial charge in [-0.1, -0.05) is 82.1 Å². The molecule has 1 N–H and O–H groups in total. The lowest BCUT2D eigenvalue weighted by molar-refractivity contribution is -0.164. The fraction of sp³-hybridized carbons (Fsp3) is 0.559. The largest absolute Gasteiger partial charge is 0.483 e. The number of rotatable bonds is 13. The summed E-state index contributed by atoms with van der Waals surface area (Å²) in [6, 6.07) is 12.8. The molecule has 3 aliphatic rings. The van der Waals surface area contributed by atoms with Gasteiger partial charge in [0, 0.05) is 24.4 Å². The van der Waals surface area contributed by atoms with Gasteiger partial charge in [0.1, 0.15) is 17.4 Å². The number of unbranched alkanes of at least 4 members (excludes halogenated alkanes) is 2. The van der Waals surface area contributed by atoms with Crippen LogP contribution in [0.2, 0.25) is 0 Å². The molecule has 1 aromatic heterocycles. The summed E-state index contributed by atoms with van der Waals surface area (Å²) in [5.41, 5.74) is 2.51. The van der Waals surface area contributed by atoms with Gasteiger partial charge in [0.2, 0.25) is 0 Å². The van der Waals surface area contributed by atoms with Crippen LogP contribution in [0.4, 0.5) is 5.82 Å². The minimum atomic E-state index is -0.689. The SMILES string of the molecule is CCCCCC(C)C(=O)O[C@]12C[C@@H](CN1)N(c1nc(SCC)nc3c(O[C@@H](C)c4ccccc4)c(Br)c(C4CC4)cc13)C2. The summed E-state index contributed by atoms with van der Waals surface area (Å²) in [5.74, 6) is 2.85. The van der Waals surface area contributed by atoms with Crippen molar-refractivity contribution in [2.45, 2.75) is 102 Å². The summed E-state index contributed by atoms with van der Waals surface area (Å²) in [4.78, 5) is 25.8. The number of carbonyl (C=O) groups excluding carboxylic acids is 1. The molecule has 2 aliphatic heterocycles. The number of nitrogens with one attached hydrogen (secondary N) is 1. The highest BCUT2D eigenvalue weighted by Gasteiger charge is 2.53. The quantitative estimate of drug-likeness (QED) is 0.0847. The number of halogens is 1. The average Bonchev–Trinajstić information content (AvgIpc) is 3.69. The van der Waals surface area contributed by atoms with Crippen molar-refractivity contribution >= 4 is 50.4 Å². The number of esters is 1. The summed E-state index contributed by atoms with van der Waals surface area (Å²) >= 11 is 5.58. The van der Waals surface area contributed by atoms with Crippen molar-refractivity contribution in [2.75, 3.05) is 23.7 Å². The molecule has 4 atom stereocenters. The Labute approximate surface area is 268 Å². The van der Waals surface area contributed by atoms with Gasteiger partial charge in [-0.05, 0) is 71.0 Å². The number of carbonyl (C=O) groups is 1. The lowest BCUT2D eigenvalue weighted by Crippen LogP contribution is -2.54. The minimum Gasteiger partial charge on any atom is -0.483 e. The summed E-state index contributed by atoms with van der Waals surface area (Å²) < 4.78 is 14.0. The molecular weight excluding hydrogens is 624 g/mol. The molecule has 0 radical (unpaired) electrons. The maximum atomic E-state index is 13.2. The first-order valence-corrected chi connectivity index (χ1v) is 17.7. The Balaban J connectivity index is 1.37. The van der Waals surface area contributed by atoms with Gasteiger partial charge in [0.05, 0.1) is 16.9 Å². The first kappa shape index (κ1) is 30.7. The number of hydrogen-bond donors (Lipinski definition) is 1. The van der Waals surface area contributed by atoms with Crippen molar-refractivity contribution in [1.82, 2.24) is 15.3 Å². The molecule has 3 fully saturated rings. The van der Waals surface area contributed by atoms with Gasteiger partial charge in [0.15, 0.2) is 16.6 Å². The van der Waals surface area contributed by atoms with Crippen LogP contribution in [-0.4, -0.2) is 46.5 Å². The average molecular weight is 668 g/mol. The molecule has 230 valence electrons. The fourth-order valence-electron chi connectivity index (χ4n) is 6.42. The van der Waals surface area contributed by atoms with Crippen molar-refractivity contribution in [3.8, 4) is 5.75 Å². The molecule has 1 unspecified atom stereocenters. The molecule has 2 bridgehead atoms. The van der Waals surface area contributed by atoms with Gasteiger partial charge in [-0.25, -0.2) is 9.97 Å². The highest BCUT2D eigenvalue weighted by Crippen LogP contribution is 2.51. The standard InChI is InChI=1S/C34H43BrN4O3S/c1-5-7-9-12-21(3)32(40)42-34-18-25(19-36-34)39(20-34)31-27-17-26(24-15-16-24)28(35)30(29(27)37-33(38-31)43-6-2)41-22(4)23-13-10-8-11-14-23/h8,10-11,13-14,17,21-22,24-25,36H,5-7,9,12,15-16,18-20H2,1-4H3/t21?,22-,25-,34-/m0/s1. The predicted octanol–water partition coefficient (Wildman–Crippen LogP) is 8.16. The number of hydrogen-bond acceptors (Lipinski definition) is 8. The molecule has 9 heteroatoms. The predicted molar refractivity (Wildman–Crippen MR) is 177 cm³/mol. The number of benzene rings is 2. The smallest absolute Gasteiger partial charge is 0.310 e. The van der Waals surface area contributed by atoms with Crippen LogP contribution < -0.4 is 15.0 Å². The van der Waals surface area contributed by atoms with Crippen molar-refractivity contribution < 1.29 is 14.3 Å². The van der Waals surface area contributed by atoms with Gasteiger partial charge in [0.25, 0.3) is 0 Å². The van der Waals surface area contributed by atoms with E-state index in [0.717, 1.165) is 82.1 Å². The third-order valence-corrected chi connectivity index (χ3v) is 10.6. The van der Waals surface area contributed by atoms with Crippen molar-refractivity contribution in [3.05, 3.63) is 52.0 Å². The molecule has 2 aromatic carbocycles. The number of fused-ring (bicyclic) bond motifs is 3. The number of piperazine rings is 1. The molecular formula is C34H43BrN4O3S. The topological polar surface area (TPSA) is 76.6 Å². The highest BCUT2D eigenvalue weighted by atomic mass is 79.9. The van der Waals surface area contributed by atoms with E-state index in [0.29, 0.717) is 12.5 Å². The zero-order valence-corrected chi connectivity index (χ0v) is 28.1. The monoisotopic (exact) mass is 666 g/mol. The minimum absolute atomic E-state index is 0.104. The fourth-order valence-corrected chi connectivity index (χ4v) is 7.71. The van der Waals surface area contributed by atoms with Gasteiger partial charge in [-0.3, -0.25) is 10.1 Å². The highest BCUT2D eigenvalue weighted by molar-refractivity contribution is 9.10. The van der Waals surface area contributed by atoms with E-state index in [1.165, 1.54) is 18.4 Å². The van der Waals surface area contributed by atoms with E-state index >= 15 is 0 Å². The van der Waals surface area contributed by atoms with E-state index in [9.17, 15) is 4.79 Å². The van der Waals surface area contributed by atoms with Gasteiger partial charge >= 0.3 is 5.97 Å². The van der Waals surface area contributed by atoms with E-state index in [1.807, 2.05) is 25.1 Å². The summed E-state index contributed by atoms with van der Waals surface area (Å²) in [6.07, 6.45) is 7.16. The molecule has 0 amide bonds. The zero-order chi connectivity index (χ0) is 30.1. The Morgan fingerprint density at radius 2 is 1.98 bits per heavy atom. The third-order valence-electron chi connectivity index (χ3n) is 9.03. The van der Waals surface area contributed by atoms with Crippen LogP contribution in [-0.2, 0) is 9.53 Å². The summed E-state index contributed by atoms with van der Waals surface area (Å²) in [6.45, 7) is 9.71. The second kappa shape index (κ2) is 12.9. The van der Waals surface area contributed by atoms with Gasteiger partial charge in [-0.15, -0.1) is 0 Å². The van der Waals surface area contributed by atoms with Crippen molar-refractivity contribution in [2.24, 2.45) is 5.92 Å². The Kier molecular flexibility index (Phi) is 9.22. The Morgan fingerprint density at radius 1 is 1.19 bits per heavy atom. The van der Waals surface area contributed by atoms with E-state index in [2.05, 4.69) is 65.1 Å². The van der Waals surface area contributed by atoms with Crippen LogP contribution in [0.15, 0.2) is 46.0 Å². The number of ether oxygens (including phenoxy) is 2. The number of anilines is 1. The molecule has 1 saturated carbocycles. The normalized spacial score (nSPS) is 22.6. The van der Waals surface area contributed by atoms with Crippen LogP contribution >= 0.6 is 27.7 Å². The zero-order valence-electron chi connectivity index (χ0n) is 25.7. The third kappa shape index (κ3) is 6.40. The van der Waals surface area contributed by atoms with Gasteiger partial charge < -0.3 is 14.4 Å². The maximum Gasteiger partial charge on any atom is 0.310 e. The van der Waals surface area contributed by atoms with Crippen LogP contribution in [0, 0.1) is 5.92 Å². The molecule has 6 rings (SSSR count). The molecule has 0 spiro atoms. The van der Waals surface area contributed by atoms with Crippen LogP contribution in [0.5, 0.6) is 5.75 Å². The van der Waals surface area contributed by atoms with Crippen LogP contribution in [0.3, 0.4) is 0 Å². The van der Waals surface area contributed by atoms with Crippen LogP contribution in [0.25, 0.3) is 10.9 Å². The maximum absolute atomic E-state index is 13.2. The Hall–Kier alpha value is -2.36. The van der Waals surface area contributed by atoms with Crippen LogP contribution in [0.1, 0.15) is 95.8 Å². The lowest BCUT2D eigenvalue weighted by Gasteiger charge is -2.35. The van der Waals surface area contributed by atoms with Gasteiger partial charge in [-0.2, -0.15) is 0 Å². The first-order valence-electron chi connectivity index (χ1n) is 16.0. The van der Waals surface area contributed by atoms with E-state index in [1.54, 1.807) is 11.8 Å². The molecule has 43 heavy (non-hydrogen) atoms. The number of nitrogens with zero attached hydrogens (tertiary/aromatic N) is 3. The lowest BCUT2D eigenvalue weighted by atomic mass is 10.0. The molecule has 7 nitrogen and oxygen atoms in total. The van der Waals surface area contributed by atoms with Crippen molar-refractivity contribution in [3.63, 3.8) is 0 Å². The molecule has 3 aromatic rings. The second-order valence-corrected chi connectivity index (χ2v) is 14.4. The Bertz CT molecular complexity index is 1470. The number of thioether (sulfide) groups is 1. The Morgan fingerprint density at radius 3 is 2.70 bits per heavy atom. The van der Waals surface area contributed by atoms with E-state index < -0.39 is 5.72 Å². The van der Waals surface area contributed by atoms with Crippen molar-refractivity contribution in [1.29, 1.82) is 0 Å². The molecule has 1 aliphatic carbocycles. The first-order chi connectivity index (χ1) is 20.8.